The van der Waals surface area contributed by atoms with Crippen molar-refractivity contribution in [1.29, 1.82) is 5.26 Å². The van der Waals surface area contributed by atoms with Crippen LogP contribution in [0.15, 0.2) is 66.9 Å². The zero-order valence-electron chi connectivity index (χ0n) is 22.2. The Bertz CT molecular complexity index is 1550. The molecule has 1 saturated carbocycles. The van der Waals surface area contributed by atoms with Crippen LogP contribution in [0, 0.1) is 17.1 Å². The number of anilines is 2. The second-order valence-corrected chi connectivity index (χ2v) is 11.0. The summed E-state index contributed by atoms with van der Waals surface area (Å²) in [6.45, 7) is 0.502. The summed E-state index contributed by atoms with van der Waals surface area (Å²) in [6.07, 6.45) is 2.37. The summed E-state index contributed by atoms with van der Waals surface area (Å²) >= 11 is 0. The maximum Gasteiger partial charge on any atom is 0.252 e. The van der Waals surface area contributed by atoms with Crippen LogP contribution in [-0.2, 0) is 21.5 Å². The monoisotopic (exact) mass is 559 g/mol. The minimum Gasteiger partial charge on any atom is -0.351 e. The number of pyridine rings is 1. The van der Waals surface area contributed by atoms with Crippen molar-refractivity contribution in [1.82, 2.24) is 10.3 Å². The summed E-state index contributed by atoms with van der Waals surface area (Å²) in [7, 11) is 0. The van der Waals surface area contributed by atoms with Gasteiger partial charge in [0.05, 0.1) is 11.6 Å². The van der Waals surface area contributed by atoms with Crippen molar-refractivity contribution in [2.24, 2.45) is 0 Å². The zero-order valence-corrected chi connectivity index (χ0v) is 22.2. The number of benzene rings is 2. The van der Waals surface area contributed by atoms with E-state index in [0.717, 1.165) is 5.56 Å². The van der Waals surface area contributed by atoms with Crippen LogP contribution in [0.1, 0.15) is 48.8 Å². The van der Waals surface area contributed by atoms with Crippen LogP contribution in [0.25, 0.3) is 0 Å². The predicted octanol–water partition coefficient (Wildman–Crippen LogP) is 4.85. The summed E-state index contributed by atoms with van der Waals surface area (Å²) in [5.41, 5.74) is 0.472. The third-order valence-corrected chi connectivity index (χ3v) is 8.40. The Morgan fingerprint density at radius 2 is 1.90 bits per heavy atom. The lowest BCUT2D eigenvalue weighted by atomic mass is 9.83. The molecule has 3 aromatic rings. The van der Waals surface area contributed by atoms with Crippen molar-refractivity contribution in [3.63, 3.8) is 0 Å². The van der Waals surface area contributed by atoms with E-state index in [1.165, 1.54) is 29.3 Å². The number of hydrogen-bond donors (Lipinski definition) is 1. The standard InChI is InChI=1S/C31H28F3N5O2/c32-22-6-3-7-24(16-22)39(28(40)26-9-4-14-38(26)27-15-20(19-35)11-13-36-27)31(12-10-21-5-1-2-8-25(21)31)29(41)37-23-17-30(33,34)18-23/h1-3,5-8,11,13,15-16,23,26H,4,9-10,12,14,17-18H2,(H,37,41)/t26-,31-/m0/s1. The van der Waals surface area contributed by atoms with E-state index in [9.17, 15) is 28.0 Å². The molecular weight excluding hydrogens is 531 g/mol. The molecule has 3 aliphatic rings. The van der Waals surface area contributed by atoms with Crippen molar-refractivity contribution < 1.29 is 22.8 Å². The number of halogens is 3. The highest BCUT2D eigenvalue weighted by Crippen LogP contribution is 2.47. The number of alkyl halides is 2. The van der Waals surface area contributed by atoms with Gasteiger partial charge in [0, 0.05) is 37.3 Å². The normalized spacial score (nSPS) is 22.9. The second kappa shape index (κ2) is 10.2. The van der Waals surface area contributed by atoms with Gasteiger partial charge in [-0.1, -0.05) is 30.3 Å². The van der Waals surface area contributed by atoms with E-state index in [-0.39, 0.29) is 12.1 Å². The molecule has 1 aromatic heterocycles. The fourth-order valence-corrected chi connectivity index (χ4v) is 6.47. The molecule has 210 valence electrons. The molecule has 2 aliphatic carbocycles. The van der Waals surface area contributed by atoms with Crippen LogP contribution in [0.5, 0.6) is 0 Å². The van der Waals surface area contributed by atoms with Crippen LogP contribution >= 0.6 is 0 Å². The molecule has 2 fully saturated rings. The SMILES string of the molecule is N#Cc1ccnc(N2CCC[C@H]2C(=O)N(c2cccc(F)c2)[C@@]2(C(=O)NC3CC(F)(F)C3)CCc3ccccc32)c1. The maximum atomic E-state index is 14.7. The Kier molecular flexibility index (Phi) is 6.68. The lowest BCUT2D eigenvalue weighted by molar-refractivity contribution is -0.137. The van der Waals surface area contributed by atoms with Crippen LogP contribution in [-0.4, -0.2) is 41.3 Å². The number of hydrogen-bond acceptors (Lipinski definition) is 5. The van der Waals surface area contributed by atoms with Gasteiger partial charge in [-0.2, -0.15) is 5.26 Å². The smallest absolute Gasteiger partial charge is 0.252 e. The number of nitrogens with zero attached hydrogens (tertiary/aromatic N) is 4. The topological polar surface area (TPSA) is 89.3 Å². The van der Waals surface area contributed by atoms with Crippen molar-refractivity contribution in [3.8, 4) is 6.07 Å². The van der Waals surface area contributed by atoms with Crippen LogP contribution in [0.2, 0.25) is 0 Å². The average Bonchev–Trinajstić information content (AvgIpc) is 3.59. The maximum absolute atomic E-state index is 14.7. The van der Waals surface area contributed by atoms with E-state index in [1.807, 2.05) is 17.0 Å². The molecule has 0 unspecified atom stereocenters. The van der Waals surface area contributed by atoms with Gasteiger partial charge < -0.3 is 10.2 Å². The summed E-state index contributed by atoms with van der Waals surface area (Å²) in [5.74, 6) is -3.95. The molecule has 41 heavy (non-hydrogen) atoms. The Morgan fingerprint density at radius 1 is 1.10 bits per heavy atom. The lowest BCUT2D eigenvalue weighted by Gasteiger charge is -2.45. The number of rotatable bonds is 6. The molecule has 1 saturated heterocycles. The molecule has 2 amide bonds. The van der Waals surface area contributed by atoms with Crippen LogP contribution in [0.3, 0.4) is 0 Å². The summed E-state index contributed by atoms with van der Waals surface area (Å²) in [6, 6.07) is 16.6. The number of fused-ring (bicyclic) bond motifs is 1. The van der Waals surface area contributed by atoms with Gasteiger partial charge in [-0.15, -0.1) is 0 Å². The van der Waals surface area contributed by atoms with Gasteiger partial charge in [0.25, 0.3) is 17.7 Å². The molecule has 0 spiro atoms. The number of carbonyl (C=O) groups excluding carboxylic acids is 2. The third kappa shape index (κ3) is 4.69. The largest absolute Gasteiger partial charge is 0.351 e. The first-order chi connectivity index (χ1) is 19.7. The molecule has 2 heterocycles. The minimum atomic E-state index is -2.84. The van der Waals surface area contributed by atoms with Gasteiger partial charge in [0.15, 0.2) is 5.54 Å². The van der Waals surface area contributed by atoms with Crippen LogP contribution in [0.4, 0.5) is 24.7 Å². The number of aromatic nitrogens is 1. The van der Waals surface area contributed by atoms with Gasteiger partial charge in [-0.05, 0) is 67.1 Å². The number of aryl methyl sites for hydroxylation is 1. The molecule has 6 rings (SSSR count). The summed E-state index contributed by atoms with van der Waals surface area (Å²) < 4.78 is 42.1. The average molecular weight is 560 g/mol. The van der Waals surface area contributed by atoms with Gasteiger partial charge in [0.1, 0.15) is 17.7 Å². The fraction of sp³-hybridized carbons (Fsp3) is 0.355. The predicted molar refractivity (Wildman–Crippen MR) is 146 cm³/mol. The highest BCUT2D eigenvalue weighted by Gasteiger charge is 2.56. The first kappa shape index (κ1) is 26.8. The molecule has 0 bridgehead atoms. The fourth-order valence-electron chi connectivity index (χ4n) is 6.47. The number of carbonyl (C=O) groups is 2. The van der Waals surface area contributed by atoms with E-state index in [4.69, 9.17) is 0 Å². The van der Waals surface area contributed by atoms with Crippen molar-refractivity contribution in [3.05, 3.63) is 89.4 Å². The molecule has 1 N–H and O–H groups in total. The highest BCUT2D eigenvalue weighted by atomic mass is 19.3. The third-order valence-electron chi connectivity index (χ3n) is 8.40. The molecule has 2 aromatic carbocycles. The van der Waals surface area contributed by atoms with Crippen LogP contribution < -0.4 is 15.1 Å². The Morgan fingerprint density at radius 3 is 2.66 bits per heavy atom. The highest BCUT2D eigenvalue weighted by molar-refractivity contribution is 6.08. The van der Waals surface area contributed by atoms with E-state index >= 15 is 0 Å². The van der Waals surface area contributed by atoms with Crippen molar-refractivity contribution >= 4 is 23.3 Å². The van der Waals surface area contributed by atoms with Gasteiger partial charge >= 0.3 is 0 Å². The first-order valence-corrected chi connectivity index (χ1v) is 13.7. The lowest BCUT2D eigenvalue weighted by Crippen LogP contribution is -2.64. The summed E-state index contributed by atoms with van der Waals surface area (Å²) in [4.78, 5) is 36.6. The minimum absolute atomic E-state index is 0.200. The molecule has 2 atom stereocenters. The van der Waals surface area contributed by atoms with E-state index < -0.39 is 54.0 Å². The van der Waals surface area contributed by atoms with Crippen molar-refractivity contribution in [2.45, 2.75) is 62.1 Å². The molecule has 10 heteroatoms. The Labute approximate surface area is 235 Å². The zero-order chi connectivity index (χ0) is 28.8. The quantitative estimate of drug-likeness (QED) is 0.467. The van der Waals surface area contributed by atoms with Crippen molar-refractivity contribution in [2.75, 3.05) is 16.3 Å². The van der Waals surface area contributed by atoms with E-state index in [0.29, 0.717) is 42.8 Å². The van der Waals surface area contributed by atoms with E-state index in [2.05, 4.69) is 16.4 Å². The second-order valence-electron chi connectivity index (χ2n) is 11.0. The first-order valence-electron chi connectivity index (χ1n) is 13.7. The number of nitriles is 1. The Balaban J connectivity index is 1.47. The molecule has 0 radical (unpaired) electrons. The van der Waals surface area contributed by atoms with E-state index in [1.54, 1.807) is 30.3 Å². The number of amides is 2. The van der Waals surface area contributed by atoms with Gasteiger partial charge in [-0.3, -0.25) is 14.5 Å². The molecular formula is C31H28F3N5O2. The van der Waals surface area contributed by atoms with Gasteiger partial charge in [-0.25, -0.2) is 18.2 Å². The summed E-state index contributed by atoms with van der Waals surface area (Å²) in [5, 5.41) is 12.2. The number of nitrogens with one attached hydrogen (secondary N) is 1. The molecule has 1 aliphatic heterocycles. The Hall–Kier alpha value is -4.39. The van der Waals surface area contributed by atoms with Gasteiger partial charge in [0.2, 0.25) is 0 Å². The molecule has 7 nitrogen and oxygen atoms in total.